The van der Waals surface area contributed by atoms with Crippen LogP contribution in [0.25, 0.3) is 0 Å². The molecule has 1 aromatic carbocycles. The average molecular weight is 188 g/mol. The molecule has 0 saturated carbocycles. The van der Waals surface area contributed by atoms with Gasteiger partial charge in [0.15, 0.2) is 0 Å². The number of hydrogen-bond acceptors (Lipinski definition) is 2. The van der Waals surface area contributed by atoms with Gasteiger partial charge in [0.1, 0.15) is 0 Å². The minimum Gasteiger partial charge on any atom is -1.00 e. The number of carbonyl (C=O) groups is 2. The van der Waals surface area contributed by atoms with E-state index >= 15 is 0 Å². The molecule has 5 heteroatoms. The molecular weight excluding hydrogens is 179 g/mol. The monoisotopic (exact) mass is 188 g/mol. The number of amides is 2. The van der Waals surface area contributed by atoms with Crippen molar-refractivity contribution in [3.8, 4) is 0 Å². The maximum absolute atomic E-state index is 10.7. The van der Waals surface area contributed by atoms with Gasteiger partial charge in [-0.15, -0.1) is 0 Å². The molecule has 0 atom stereocenters. The number of hydrogen-bond donors (Lipinski definition) is 2. The molecule has 64 valence electrons. The topological polar surface area (TPSA) is 86.2 Å². The standard InChI is InChI=1S/C8H8N2O2.Na.H/c9-7(11)5-3-1-2-4-6(5)8(10)12;;/h1-4H,(H2,9,11)(H2,10,12);;/q;+1;-1. The van der Waals surface area contributed by atoms with Crippen LogP contribution in [0.3, 0.4) is 0 Å². The second-order valence-electron chi connectivity index (χ2n) is 2.27. The van der Waals surface area contributed by atoms with Gasteiger partial charge in [0.25, 0.3) is 0 Å². The van der Waals surface area contributed by atoms with Crippen molar-refractivity contribution in [1.82, 2.24) is 0 Å². The molecule has 0 spiro atoms. The maximum Gasteiger partial charge on any atom is 1.00 e. The summed E-state index contributed by atoms with van der Waals surface area (Å²) in [5.41, 5.74) is 10.3. The summed E-state index contributed by atoms with van der Waals surface area (Å²) in [6.07, 6.45) is 0. The molecule has 2 amide bonds. The van der Waals surface area contributed by atoms with E-state index in [1.807, 2.05) is 0 Å². The molecule has 0 saturated heterocycles. The number of carbonyl (C=O) groups excluding carboxylic acids is 2. The summed E-state index contributed by atoms with van der Waals surface area (Å²) in [6.45, 7) is 0. The van der Waals surface area contributed by atoms with E-state index in [4.69, 9.17) is 11.5 Å². The fourth-order valence-electron chi connectivity index (χ4n) is 0.913. The zero-order valence-corrected chi connectivity index (χ0v) is 9.28. The van der Waals surface area contributed by atoms with Crippen LogP contribution in [0.5, 0.6) is 0 Å². The zero-order chi connectivity index (χ0) is 9.14. The Hall–Kier alpha value is -0.840. The maximum atomic E-state index is 10.7. The van der Waals surface area contributed by atoms with Crippen molar-refractivity contribution in [1.29, 1.82) is 0 Å². The summed E-state index contributed by atoms with van der Waals surface area (Å²) in [4.78, 5) is 21.5. The Balaban J connectivity index is 0. The summed E-state index contributed by atoms with van der Waals surface area (Å²) in [7, 11) is 0. The van der Waals surface area contributed by atoms with Crippen LogP contribution >= 0.6 is 0 Å². The number of nitrogens with two attached hydrogens (primary N) is 2. The average Bonchev–Trinajstić information content (AvgIpc) is 2.04. The Morgan fingerprint density at radius 2 is 1.31 bits per heavy atom. The molecule has 1 rings (SSSR count). The van der Waals surface area contributed by atoms with Crippen LogP contribution in [0.2, 0.25) is 0 Å². The Bertz CT molecular complexity index is 311. The van der Waals surface area contributed by atoms with Gasteiger partial charge in [-0.2, -0.15) is 0 Å². The largest absolute Gasteiger partial charge is 1.00 e. The molecule has 0 aromatic heterocycles. The van der Waals surface area contributed by atoms with Gasteiger partial charge in [-0.3, -0.25) is 9.59 Å². The number of benzene rings is 1. The Morgan fingerprint density at radius 3 is 1.54 bits per heavy atom. The van der Waals surface area contributed by atoms with E-state index in [2.05, 4.69) is 0 Å². The van der Waals surface area contributed by atoms with Crippen LogP contribution < -0.4 is 41.0 Å². The normalized spacial score (nSPS) is 8.62. The Morgan fingerprint density at radius 1 is 1.00 bits per heavy atom. The third kappa shape index (κ3) is 2.84. The van der Waals surface area contributed by atoms with E-state index in [1.54, 1.807) is 12.1 Å². The third-order valence-corrected chi connectivity index (χ3v) is 1.46. The molecule has 0 heterocycles. The Kier molecular flexibility index (Phi) is 4.69. The Labute approximate surface area is 99.1 Å². The first-order valence-corrected chi connectivity index (χ1v) is 3.31. The number of rotatable bonds is 2. The van der Waals surface area contributed by atoms with E-state index in [9.17, 15) is 9.59 Å². The van der Waals surface area contributed by atoms with Gasteiger partial charge in [0, 0.05) is 0 Å². The first kappa shape index (κ1) is 12.2. The summed E-state index contributed by atoms with van der Waals surface area (Å²) < 4.78 is 0. The van der Waals surface area contributed by atoms with Crippen molar-refractivity contribution >= 4 is 11.8 Å². The minimum absolute atomic E-state index is 0. The quantitative estimate of drug-likeness (QED) is 0.485. The summed E-state index contributed by atoms with van der Waals surface area (Å²) >= 11 is 0. The first-order chi connectivity index (χ1) is 5.63. The molecule has 0 aliphatic rings. The first-order valence-electron chi connectivity index (χ1n) is 3.31. The predicted octanol–water partition coefficient (Wildman–Crippen LogP) is -3.00. The van der Waals surface area contributed by atoms with Gasteiger partial charge in [-0.1, -0.05) is 12.1 Å². The SMILES string of the molecule is NC(=O)c1ccccc1C(N)=O.[H-].[Na+]. The van der Waals surface area contributed by atoms with Crippen LogP contribution in [0.1, 0.15) is 22.1 Å². The third-order valence-electron chi connectivity index (χ3n) is 1.46. The smallest absolute Gasteiger partial charge is 1.00 e. The van der Waals surface area contributed by atoms with Crippen LogP contribution in [0, 0.1) is 0 Å². The van der Waals surface area contributed by atoms with Crippen molar-refractivity contribution in [3.63, 3.8) is 0 Å². The van der Waals surface area contributed by atoms with Gasteiger partial charge < -0.3 is 12.9 Å². The van der Waals surface area contributed by atoms with Gasteiger partial charge >= 0.3 is 29.6 Å². The summed E-state index contributed by atoms with van der Waals surface area (Å²) in [5, 5.41) is 0. The van der Waals surface area contributed by atoms with Gasteiger partial charge in [0.2, 0.25) is 11.8 Å². The second kappa shape index (κ2) is 5.01. The summed E-state index contributed by atoms with van der Waals surface area (Å²) in [5.74, 6) is -1.30. The second-order valence-corrected chi connectivity index (χ2v) is 2.27. The molecular formula is C8H9N2NaO2. The predicted molar refractivity (Wildman–Crippen MR) is 44.6 cm³/mol. The molecule has 4 nitrogen and oxygen atoms in total. The minimum atomic E-state index is -0.649. The van der Waals surface area contributed by atoms with E-state index in [1.165, 1.54) is 12.1 Å². The molecule has 0 unspecified atom stereocenters. The van der Waals surface area contributed by atoms with E-state index in [0.717, 1.165) is 0 Å². The van der Waals surface area contributed by atoms with E-state index in [0.29, 0.717) is 0 Å². The van der Waals surface area contributed by atoms with Gasteiger partial charge in [0.05, 0.1) is 11.1 Å². The molecule has 0 radical (unpaired) electrons. The molecule has 0 bridgehead atoms. The molecule has 0 fully saturated rings. The molecule has 0 aliphatic carbocycles. The van der Waals surface area contributed by atoms with E-state index in [-0.39, 0.29) is 42.1 Å². The van der Waals surface area contributed by atoms with Crippen LogP contribution in [-0.2, 0) is 0 Å². The van der Waals surface area contributed by atoms with Crippen LogP contribution in [0.4, 0.5) is 0 Å². The summed E-state index contributed by atoms with van der Waals surface area (Å²) in [6, 6.07) is 6.16. The van der Waals surface area contributed by atoms with Crippen molar-refractivity contribution in [3.05, 3.63) is 35.4 Å². The van der Waals surface area contributed by atoms with E-state index < -0.39 is 11.8 Å². The van der Waals surface area contributed by atoms with Crippen molar-refractivity contribution in [2.45, 2.75) is 0 Å². The van der Waals surface area contributed by atoms with Crippen molar-refractivity contribution < 1.29 is 40.6 Å². The fraction of sp³-hybridized carbons (Fsp3) is 0. The molecule has 13 heavy (non-hydrogen) atoms. The zero-order valence-electron chi connectivity index (χ0n) is 8.28. The molecule has 1 aromatic rings. The van der Waals surface area contributed by atoms with Crippen LogP contribution in [0.15, 0.2) is 24.3 Å². The molecule has 0 aliphatic heterocycles. The van der Waals surface area contributed by atoms with Crippen molar-refractivity contribution in [2.24, 2.45) is 11.5 Å². The van der Waals surface area contributed by atoms with Crippen molar-refractivity contribution in [2.75, 3.05) is 0 Å². The molecule has 4 N–H and O–H groups in total. The number of primary amides is 2. The fourth-order valence-corrected chi connectivity index (χ4v) is 0.913. The van der Waals surface area contributed by atoms with Gasteiger partial charge in [-0.25, -0.2) is 0 Å². The van der Waals surface area contributed by atoms with Crippen LogP contribution in [-0.4, -0.2) is 11.8 Å². The van der Waals surface area contributed by atoms with Gasteiger partial charge in [-0.05, 0) is 12.1 Å².